The van der Waals surface area contributed by atoms with Gasteiger partial charge in [-0.2, -0.15) is 13.2 Å². The van der Waals surface area contributed by atoms with Gasteiger partial charge in [-0.05, 0) is 12.1 Å². The van der Waals surface area contributed by atoms with E-state index in [0.29, 0.717) is 0 Å². The van der Waals surface area contributed by atoms with Crippen molar-refractivity contribution >= 4 is 15.5 Å². The lowest BCUT2D eigenvalue weighted by atomic mass is 10.2. The van der Waals surface area contributed by atoms with E-state index in [1.54, 1.807) is 0 Å². The van der Waals surface area contributed by atoms with E-state index in [-0.39, 0.29) is 32.0 Å². The van der Waals surface area contributed by atoms with Crippen LogP contribution in [0.25, 0.3) is 0 Å². The third kappa shape index (κ3) is 3.14. The van der Waals surface area contributed by atoms with E-state index in [2.05, 4.69) is 0 Å². The number of halogens is 3. The highest BCUT2D eigenvalue weighted by Gasteiger charge is 2.48. The highest BCUT2D eigenvalue weighted by atomic mass is 32.2. The molecular weight excluding hydrogens is 311 g/mol. The molecule has 1 unspecified atom stereocenters. The lowest BCUT2D eigenvalue weighted by Crippen LogP contribution is -2.44. The molecule has 0 saturated carbocycles. The van der Waals surface area contributed by atoms with E-state index in [1.807, 2.05) is 0 Å². The summed E-state index contributed by atoms with van der Waals surface area (Å²) in [5, 5.41) is 9.06. The lowest BCUT2D eigenvalue weighted by Gasteiger charge is -2.34. The van der Waals surface area contributed by atoms with E-state index in [0.717, 1.165) is 6.07 Å². The number of rotatable bonds is 3. The number of benzene rings is 1. The molecule has 1 aliphatic heterocycles. The van der Waals surface area contributed by atoms with Crippen LogP contribution in [-0.2, 0) is 14.6 Å². The van der Waals surface area contributed by atoms with Gasteiger partial charge in [-0.25, -0.2) is 8.42 Å². The number of aliphatic hydroxyl groups is 1. The molecule has 21 heavy (non-hydrogen) atoms. The van der Waals surface area contributed by atoms with Crippen LogP contribution in [0.3, 0.4) is 0 Å². The first-order valence-electron chi connectivity index (χ1n) is 6.15. The molecule has 9 heteroatoms. The summed E-state index contributed by atoms with van der Waals surface area (Å²) in [6.45, 7) is 0.290. The Morgan fingerprint density at radius 3 is 2.62 bits per heavy atom. The summed E-state index contributed by atoms with van der Waals surface area (Å²) in [7, 11) is -5.43. The van der Waals surface area contributed by atoms with Crippen LogP contribution in [0.4, 0.5) is 18.9 Å². The number of hydrogen-bond donors (Lipinski definition) is 1. The Morgan fingerprint density at radius 2 is 2.00 bits per heavy atom. The third-order valence-corrected chi connectivity index (χ3v) is 4.68. The zero-order chi connectivity index (χ0) is 15.7. The first kappa shape index (κ1) is 16.1. The van der Waals surface area contributed by atoms with Crippen molar-refractivity contribution in [2.24, 2.45) is 0 Å². The number of ether oxygens (including phenoxy) is 1. The van der Waals surface area contributed by atoms with Crippen molar-refractivity contribution in [2.75, 3.05) is 31.2 Å². The van der Waals surface area contributed by atoms with Gasteiger partial charge in [0.1, 0.15) is 0 Å². The summed E-state index contributed by atoms with van der Waals surface area (Å²) in [4.78, 5) is 0.694. The smallest absolute Gasteiger partial charge is 0.394 e. The van der Waals surface area contributed by atoms with Crippen LogP contribution in [-0.4, -0.2) is 51.4 Å². The molecule has 0 radical (unpaired) electrons. The zero-order valence-electron chi connectivity index (χ0n) is 10.9. The Labute approximate surface area is 119 Å². The Kier molecular flexibility index (Phi) is 4.45. The van der Waals surface area contributed by atoms with Gasteiger partial charge in [-0.15, -0.1) is 0 Å². The number of alkyl halides is 3. The molecule has 1 saturated heterocycles. The second kappa shape index (κ2) is 5.82. The first-order chi connectivity index (χ1) is 9.77. The fraction of sp³-hybridized carbons (Fsp3) is 0.500. The average molecular weight is 325 g/mol. The van der Waals surface area contributed by atoms with E-state index in [1.165, 1.54) is 23.1 Å². The van der Waals surface area contributed by atoms with Gasteiger partial charge in [0.15, 0.2) is 0 Å². The lowest BCUT2D eigenvalue weighted by molar-refractivity contribution is -0.0436. The van der Waals surface area contributed by atoms with Crippen molar-refractivity contribution in [3.8, 4) is 0 Å². The number of morpholine rings is 1. The van der Waals surface area contributed by atoms with E-state index in [9.17, 15) is 21.6 Å². The van der Waals surface area contributed by atoms with Crippen molar-refractivity contribution in [2.45, 2.75) is 16.5 Å². The number of sulfone groups is 1. The second-order valence-corrected chi connectivity index (χ2v) is 6.45. The minimum Gasteiger partial charge on any atom is -0.394 e. The van der Waals surface area contributed by atoms with Crippen molar-refractivity contribution in [1.82, 2.24) is 0 Å². The zero-order valence-corrected chi connectivity index (χ0v) is 11.7. The second-order valence-electron chi connectivity index (χ2n) is 4.54. The summed E-state index contributed by atoms with van der Waals surface area (Å²) in [6.07, 6.45) is -0.555. The molecule has 1 aromatic rings. The Bertz CT molecular complexity index is 603. The Hall–Kier alpha value is -1.32. The monoisotopic (exact) mass is 325 g/mol. The molecular formula is C12H14F3NO4S. The summed E-state index contributed by atoms with van der Waals surface area (Å²) < 4.78 is 66.7. The number of nitrogens with zero attached hydrogens (tertiary/aromatic N) is 1. The van der Waals surface area contributed by atoms with Crippen LogP contribution in [0.2, 0.25) is 0 Å². The Morgan fingerprint density at radius 1 is 1.33 bits per heavy atom. The molecule has 0 amide bonds. The number of hydrogen-bond acceptors (Lipinski definition) is 5. The standard InChI is InChI=1S/C12H14F3NO4S/c13-12(14,15)21(18,19)11-4-2-1-3-10(11)16-5-6-20-9(7-16)8-17/h1-4,9,17H,5-8H2. The van der Waals surface area contributed by atoms with E-state index >= 15 is 0 Å². The summed E-state index contributed by atoms with van der Waals surface area (Å²) >= 11 is 0. The molecule has 5 nitrogen and oxygen atoms in total. The minimum atomic E-state index is -5.43. The predicted octanol–water partition coefficient (Wildman–Crippen LogP) is 1.18. The van der Waals surface area contributed by atoms with Crippen LogP contribution in [0.5, 0.6) is 0 Å². The largest absolute Gasteiger partial charge is 0.501 e. The van der Waals surface area contributed by atoms with Crippen LogP contribution in [0.1, 0.15) is 0 Å². The first-order valence-corrected chi connectivity index (χ1v) is 7.63. The molecule has 118 valence electrons. The number of para-hydroxylation sites is 1. The van der Waals surface area contributed by atoms with Crippen molar-refractivity contribution in [3.63, 3.8) is 0 Å². The fourth-order valence-electron chi connectivity index (χ4n) is 2.12. The van der Waals surface area contributed by atoms with E-state index in [4.69, 9.17) is 9.84 Å². The average Bonchev–Trinajstić information content (AvgIpc) is 2.46. The summed E-state index contributed by atoms with van der Waals surface area (Å²) in [6, 6.07) is 4.96. The fourth-order valence-corrected chi connectivity index (χ4v) is 3.10. The van der Waals surface area contributed by atoms with Crippen molar-refractivity contribution in [3.05, 3.63) is 24.3 Å². The van der Waals surface area contributed by atoms with E-state index < -0.39 is 26.3 Å². The third-order valence-electron chi connectivity index (χ3n) is 3.14. The predicted molar refractivity (Wildman–Crippen MR) is 68.7 cm³/mol. The van der Waals surface area contributed by atoms with Gasteiger partial charge in [-0.3, -0.25) is 0 Å². The van der Waals surface area contributed by atoms with Gasteiger partial charge in [0, 0.05) is 13.1 Å². The quantitative estimate of drug-likeness (QED) is 0.904. The molecule has 1 aromatic carbocycles. The van der Waals surface area contributed by atoms with Gasteiger partial charge >= 0.3 is 5.51 Å². The summed E-state index contributed by atoms with van der Waals surface area (Å²) in [5.74, 6) is 0. The van der Waals surface area contributed by atoms with Gasteiger partial charge in [-0.1, -0.05) is 12.1 Å². The molecule has 0 aliphatic carbocycles. The van der Waals surface area contributed by atoms with Crippen LogP contribution in [0.15, 0.2) is 29.2 Å². The number of aliphatic hydroxyl groups excluding tert-OH is 1. The minimum absolute atomic E-state index is 0.0309. The SMILES string of the molecule is O=S(=O)(c1ccccc1N1CCOC(CO)C1)C(F)(F)F. The van der Waals surface area contributed by atoms with Gasteiger partial charge in [0.05, 0.1) is 29.9 Å². The van der Waals surface area contributed by atoms with Gasteiger partial charge < -0.3 is 14.7 Å². The molecule has 1 fully saturated rings. The van der Waals surface area contributed by atoms with Crippen molar-refractivity contribution in [1.29, 1.82) is 0 Å². The normalized spacial score (nSPS) is 20.6. The van der Waals surface area contributed by atoms with Gasteiger partial charge in [0.25, 0.3) is 9.84 Å². The molecule has 1 N–H and O–H groups in total. The van der Waals surface area contributed by atoms with Crippen molar-refractivity contribution < 1.29 is 31.4 Å². The van der Waals surface area contributed by atoms with Crippen LogP contribution in [0, 0.1) is 0 Å². The molecule has 0 spiro atoms. The molecule has 0 bridgehead atoms. The topological polar surface area (TPSA) is 66.8 Å². The van der Waals surface area contributed by atoms with Crippen LogP contribution < -0.4 is 4.90 Å². The molecule has 1 atom stereocenters. The van der Waals surface area contributed by atoms with Gasteiger partial charge in [0.2, 0.25) is 0 Å². The highest BCUT2D eigenvalue weighted by molar-refractivity contribution is 7.92. The molecule has 1 aliphatic rings. The number of anilines is 1. The highest BCUT2D eigenvalue weighted by Crippen LogP contribution is 2.36. The van der Waals surface area contributed by atoms with Crippen LogP contribution >= 0.6 is 0 Å². The Balaban J connectivity index is 2.43. The maximum absolute atomic E-state index is 12.7. The molecule has 1 heterocycles. The molecule has 2 rings (SSSR count). The summed E-state index contributed by atoms with van der Waals surface area (Å²) in [5.41, 5.74) is -5.39. The maximum atomic E-state index is 12.7. The maximum Gasteiger partial charge on any atom is 0.501 e. The molecule has 0 aromatic heterocycles.